The van der Waals surface area contributed by atoms with Gasteiger partial charge in [0.25, 0.3) is 0 Å². The highest BCUT2D eigenvalue weighted by Gasteiger charge is 2.52. The number of ether oxygens (including phenoxy) is 1. The van der Waals surface area contributed by atoms with Crippen LogP contribution in [-0.4, -0.2) is 30.4 Å². The fourth-order valence-electron chi connectivity index (χ4n) is 2.51. The summed E-state index contributed by atoms with van der Waals surface area (Å²) in [4.78, 5) is 4.07. The average Bonchev–Trinajstić information content (AvgIpc) is 2.75. The maximum Gasteiger partial charge on any atom is 0.499 e. The lowest BCUT2D eigenvalue weighted by Gasteiger charge is -2.32. The topological polar surface area (TPSA) is 40.6 Å². The lowest BCUT2D eigenvalue weighted by molar-refractivity contribution is 0.00578. The zero-order valence-electron chi connectivity index (χ0n) is 14.6. The predicted octanol–water partition coefficient (Wildman–Crippen LogP) is 3.20. The smallest absolute Gasteiger partial charge is 0.497 e. The lowest BCUT2D eigenvalue weighted by atomic mass is 9.80. The summed E-state index contributed by atoms with van der Waals surface area (Å²) in [6.07, 6.45) is 0. The first kappa shape index (κ1) is 16.9. The minimum atomic E-state index is -0.757. The van der Waals surface area contributed by atoms with Crippen molar-refractivity contribution in [2.24, 2.45) is 0 Å². The molecule has 0 spiro atoms. The molecule has 1 saturated heterocycles. The van der Waals surface area contributed by atoms with Crippen molar-refractivity contribution in [1.82, 2.24) is 4.98 Å². The third kappa shape index (κ3) is 2.92. The van der Waals surface area contributed by atoms with Gasteiger partial charge >= 0.3 is 7.12 Å². The quantitative estimate of drug-likeness (QED) is 0.640. The first-order chi connectivity index (χ1) is 11.2. The highest BCUT2D eigenvalue weighted by Crippen LogP contribution is 2.36. The zero-order chi connectivity index (χ0) is 17.5. The monoisotopic (exact) mass is 329 g/mol. The van der Waals surface area contributed by atoms with E-state index in [0.29, 0.717) is 11.2 Å². The van der Waals surface area contributed by atoms with E-state index in [2.05, 4.69) is 4.98 Å². The summed E-state index contributed by atoms with van der Waals surface area (Å²) in [6.45, 7) is 7.74. The van der Waals surface area contributed by atoms with E-state index in [1.165, 1.54) is 0 Å². The molecule has 0 N–H and O–H groups in total. The molecule has 1 fully saturated rings. The van der Waals surface area contributed by atoms with Gasteiger partial charge < -0.3 is 14.0 Å². The van der Waals surface area contributed by atoms with Gasteiger partial charge in [-0.25, -0.2) is 4.98 Å². The second-order valence-corrected chi connectivity index (χ2v) is 6.89. The molecule has 0 atom stereocenters. The van der Waals surface area contributed by atoms with Crippen LogP contribution < -0.4 is 10.2 Å². The summed E-state index contributed by atoms with van der Waals surface area (Å²) in [5, 5.41) is 0. The number of aromatic nitrogens is 1. The molecule has 24 heavy (non-hydrogen) atoms. The Morgan fingerprint density at radius 1 is 0.958 bits per heavy atom. The van der Waals surface area contributed by atoms with Crippen LogP contribution in [0.2, 0.25) is 0 Å². The third-order valence-corrected chi connectivity index (χ3v) is 4.77. The van der Waals surface area contributed by atoms with Gasteiger partial charge in [0.1, 0.15) is 5.75 Å². The van der Waals surface area contributed by atoms with Crippen molar-refractivity contribution in [2.75, 3.05) is 7.11 Å². The number of hydrogen-bond donors (Lipinski definition) is 0. The first-order valence-electron chi connectivity index (χ1n) is 7.90. The van der Waals surface area contributed by atoms with Gasteiger partial charge in [0, 0.05) is 11.0 Å². The molecule has 3 rings (SSSR count). The molecule has 4 nitrogen and oxygen atoms in total. The van der Waals surface area contributed by atoms with Crippen LogP contribution in [0.5, 0.6) is 5.75 Å². The SMILES string of the molecule is COc1ccc(-c2ccc(B3OC(C)(C)C(C)(C)O3)c(F)n2)cc1. The molecule has 0 aliphatic carbocycles. The summed E-state index contributed by atoms with van der Waals surface area (Å²) in [5.74, 6) is 0.162. The molecule has 0 radical (unpaired) electrons. The van der Waals surface area contributed by atoms with Gasteiger partial charge in [-0.05, 0) is 58.0 Å². The van der Waals surface area contributed by atoms with Gasteiger partial charge in [0.05, 0.1) is 24.0 Å². The van der Waals surface area contributed by atoms with Crippen LogP contribution in [0.3, 0.4) is 0 Å². The van der Waals surface area contributed by atoms with Gasteiger partial charge in [-0.1, -0.05) is 6.07 Å². The molecule has 1 aliphatic heterocycles. The van der Waals surface area contributed by atoms with E-state index in [4.69, 9.17) is 14.0 Å². The number of rotatable bonds is 3. The number of methoxy groups -OCH3 is 1. The lowest BCUT2D eigenvalue weighted by Crippen LogP contribution is -2.41. The summed E-state index contributed by atoms with van der Waals surface area (Å²) in [7, 11) is 0.846. The first-order valence-corrected chi connectivity index (χ1v) is 7.90. The summed E-state index contributed by atoms with van der Waals surface area (Å²) in [5.41, 5.74) is 0.647. The third-order valence-electron chi connectivity index (χ3n) is 4.77. The maximum absolute atomic E-state index is 14.5. The Kier molecular flexibility index (Phi) is 4.14. The van der Waals surface area contributed by atoms with E-state index in [-0.39, 0.29) is 0 Å². The molecule has 2 heterocycles. The zero-order valence-corrected chi connectivity index (χ0v) is 14.6. The van der Waals surface area contributed by atoms with Crippen LogP contribution in [0.15, 0.2) is 36.4 Å². The summed E-state index contributed by atoms with van der Waals surface area (Å²) >= 11 is 0. The number of benzene rings is 1. The predicted molar refractivity (Wildman–Crippen MR) is 91.9 cm³/mol. The van der Waals surface area contributed by atoms with Crippen LogP contribution in [-0.2, 0) is 9.31 Å². The van der Waals surface area contributed by atoms with Crippen molar-refractivity contribution in [1.29, 1.82) is 0 Å². The summed E-state index contributed by atoms with van der Waals surface area (Å²) in [6, 6.07) is 10.8. The molecule has 0 amide bonds. The van der Waals surface area contributed by atoms with Crippen molar-refractivity contribution >= 4 is 12.6 Å². The van der Waals surface area contributed by atoms with Crippen LogP contribution in [0.4, 0.5) is 4.39 Å². The average molecular weight is 329 g/mol. The van der Waals surface area contributed by atoms with Gasteiger partial charge in [0.2, 0.25) is 5.95 Å². The minimum Gasteiger partial charge on any atom is -0.497 e. The highest BCUT2D eigenvalue weighted by molar-refractivity contribution is 6.62. The van der Waals surface area contributed by atoms with Crippen LogP contribution >= 0.6 is 0 Å². The van der Waals surface area contributed by atoms with Gasteiger partial charge in [-0.15, -0.1) is 0 Å². The molecule has 6 heteroatoms. The van der Waals surface area contributed by atoms with E-state index >= 15 is 0 Å². The fourth-order valence-corrected chi connectivity index (χ4v) is 2.51. The van der Waals surface area contributed by atoms with Crippen LogP contribution in [0.25, 0.3) is 11.3 Å². The largest absolute Gasteiger partial charge is 0.499 e. The van der Waals surface area contributed by atoms with E-state index in [0.717, 1.165) is 11.3 Å². The number of halogens is 1. The Labute approximate surface area is 142 Å². The molecular formula is C18H21BFNO3. The Morgan fingerprint density at radius 3 is 2.04 bits per heavy atom. The second-order valence-electron chi connectivity index (χ2n) is 6.89. The van der Waals surface area contributed by atoms with E-state index < -0.39 is 24.3 Å². The molecule has 2 aromatic rings. The molecule has 1 aromatic carbocycles. The van der Waals surface area contributed by atoms with Gasteiger partial charge in [-0.2, -0.15) is 4.39 Å². The fraction of sp³-hybridized carbons (Fsp3) is 0.389. The van der Waals surface area contributed by atoms with Crippen molar-refractivity contribution < 1.29 is 18.4 Å². The maximum atomic E-state index is 14.5. The standard InChI is InChI=1S/C18H21BFNO3/c1-17(2)18(3,4)24-19(23-17)14-10-11-15(21-16(14)20)12-6-8-13(22-5)9-7-12/h6-11H,1-5H3. The van der Waals surface area contributed by atoms with E-state index in [1.807, 2.05) is 52.0 Å². The highest BCUT2D eigenvalue weighted by atomic mass is 19.1. The second kappa shape index (κ2) is 5.86. The molecule has 0 saturated carbocycles. The van der Waals surface area contributed by atoms with Crippen molar-refractivity contribution in [2.45, 2.75) is 38.9 Å². The molecule has 1 aliphatic rings. The van der Waals surface area contributed by atoms with Crippen LogP contribution in [0.1, 0.15) is 27.7 Å². The van der Waals surface area contributed by atoms with Crippen molar-refractivity contribution in [3.63, 3.8) is 0 Å². The van der Waals surface area contributed by atoms with Gasteiger partial charge in [-0.3, -0.25) is 0 Å². The molecule has 1 aromatic heterocycles. The normalized spacial score (nSPS) is 18.7. The molecule has 126 valence electrons. The molecule has 0 bridgehead atoms. The number of pyridine rings is 1. The Balaban J connectivity index is 1.88. The number of hydrogen-bond acceptors (Lipinski definition) is 4. The minimum absolute atomic E-state index is 0.311. The Hall–Kier alpha value is -1.92. The molecule has 0 unspecified atom stereocenters. The number of nitrogens with zero attached hydrogens (tertiary/aromatic N) is 1. The van der Waals surface area contributed by atoms with Crippen molar-refractivity contribution in [3.8, 4) is 17.0 Å². The summed E-state index contributed by atoms with van der Waals surface area (Å²) < 4.78 is 31.4. The van der Waals surface area contributed by atoms with Crippen LogP contribution in [0, 0.1) is 5.95 Å². The van der Waals surface area contributed by atoms with Gasteiger partial charge in [0.15, 0.2) is 0 Å². The van der Waals surface area contributed by atoms with E-state index in [1.54, 1.807) is 19.2 Å². The molecular weight excluding hydrogens is 308 g/mol. The Morgan fingerprint density at radius 2 is 1.54 bits per heavy atom. The Bertz CT molecular complexity index is 730. The van der Waals surface area contributed by atoms with E-state index in [9.17, 15) is 4.39 Å². The van der Waals surface area contributed by atoms with Crippen molar-refractivity contribution in [3.05, 3.63) is 42.3 Å².